The van der Waals surface area contributed by atoms with E-state index in [0.717, 1.165) is 35.8 Å². The Bertz CT molecular complexity index is 907. The first kappa shape index (κ1) is 25.6. The number of benzene rings is 2. The molecule has 0 bridgehead atoms. The molecule has 2 aromatic rings. The van der Waals surface area contributed by atoms with Gasteiger partial charge in [0.05, 0.1) is 7.11 Å². The van der Waals surface area contributed by atoms with Crippen LogP contribution in [-0.2, 0) is 4.79 Å². The van der Waals surface area contributed by atoms with E-state index >= 15 is 0 Å². The van der Waals surface area contributed by atoms with Gasteiger partial charge in [0, 0.05) is 24.3 Å². The summed E-state index contributed by atoms with van der Waals surface area (Å²) >= 11 is 0. The molecule has 34 heavy (non-hydrogen) atoms. The summed E-state index contributed by atoms with van der Waals surface area (Å²) in [6.07, 6.45) is 9.31. The third-order valence-electron chi connectivity index (χ3n) is 6.58. The minimum absolute atomic E-state index is 0.124. The van der Waals surface area contributed by atoms with Crippen molar-refractivity contribution >= 4 is 17.5 Å². The zero-order valence-corrected chi connectivity index (χ0v) is 20.6. The molecule has 0 heterocycles. The lowest BCUT2D eigenvalue weighted by atomic mass is 9.85. The van der Waals surface area contributed by atoms with Crippen LogP contribution in [0.4, 0.5) is 5.69 Å². The molecule has 2 aromatic carbocycles. The Morgan fingerprint density at radius 3 is 2.50 bits per heavy atom. The summed E-state index contributed by atoms with van der Waals surface area (Å²) in [5.41, 5.74) is 2.58. The first-order valence-corrected chi connectivity index (χ1v) is 12.6. The first-order chi connectivity index (χ1) is 16.5. The summed E-state index contributed by atoms with van der Waals surface area (Å²) in [6, 6.07) is 14.6. The fraction of sp³-hybridized carbons (Fsp3) is 0.500. The molecule has 0 unspecified atom stereocenters. The van der Waals surface area contributed by atoms with Gasteiger partial charge in [-0.05, 0) is 55.7 Å². The molecule has 0 aromatic heterocycles. The quantitative estimate of drug-likeness (QED) is 0.382. The van der Waals surface area contributed by atoms with Gasteiger partial charge in [-0.25, -0.2) is 0 Å². The Kier molecular flexibility index (Phi) is 10.3. The van der Waals surface area contributed by atoms with Gasteiger partial charge >= 0.3 is 0 Å². The van der Waals surface area contributed by atoms with E-state index < -0.39 is 6.04 Å². The summed E-state index contributed by atoms with van der Waals surface area (Å²) in [5, 5.41) is 9.27. The smallest absolute Gasteiger partial charge is 0.251 e. The molecule has 1 saturated carbocycles. The minimum atomic E-state index is -0.530. The standard InChI is InChI=1S/C28H39N3O3/c1-21-8-6-12-23(20-21)27(32)31-26(13-7-11-22-9-4-3-5-10-22)28(33)30-19-18-29-24-14-16-25(34-2)17-15-24/h6,8,12,14-17,20,22,26,29H,3-5,7,9-11,13,18-19H2,1-2H3,(H,30,33)(H,31,32)/t26-/m0/s1. The Labute approximate surface area is 203 Å². The number of amides is 2. The molecule has 1 aliphatic carbocycles. The SMILES string of the molecule is COc1ccc(NCCNC(=O)[C@H](CCCC2CCCCC2)NC(=O)c2cccc(C)c2)cc1. The number of anilines is 1. The first-order valence-electron chi connectivity index (χ1n) is 12.6. The van der Waals surface area contributed by atoms with Crippen molar-refractivity contribution in [2.45, 2.75) is 64.3 Å². The average Bonchev–Trinajstić information content (AvgIpc) is 2.86. The fourth-order valence-electron chi connectivity index (χ4n) is 4.61. The molecule has 1 atom stereocenters. The van der Waals surface area contributed by atoms with Crippen LogP contribution in [0.25, 0.3) is 0 Å². The molecular weight excluding hydrogens is 426 g/mol. The molecule has 0 saturated heterocycles. The number of nitrogens with one attached hydrogen (secondary N) is 3. The predicted molar refractivity (Wildman–Crippen MR) is 137 cm³/mol. The van der Waals surface area contributed by atoms with Gasteiger partial charge in [-0.2, -0.15) is 0 Å². The van der Waals surface area contributed by atoms with Crippen LogP contribution in [0, 0.1) is 12.8 Å². The Balaban J connectivity index is 1.50. The van der Waals surface area contributed by atoms with Crippen molar-refractivity contribution in [3.63, 3.8) is 0 Å². The number of hydrogen-bond donors (Lipinski definition) is 3. The molecule has 6 heteroatoms. The molecule has 3 N–H and O–H groups in total. The predicted octanol–water partition coefficient (Wildman–Crippen LogP) is 5.08. The molecular formula is C28H39N3O3. The number of aryl methyl sites for hydroxylation is 1. The summed E-state index contributed by atoms with van der Waals surface area (Å²) in [6.45, 7) is 3.03. The minimum Gasteiger partial charge on any atom is -0.497 e. The summed E-state index contributed by atoms with van der Waals surface area (Å²) in [7, 11) is 1.64. The molecule has 0 radical (unpaired) electrons. The van der Waals surface area contributed by atoms with E-state index in [4.69, 9.17) is 4.74 Å². The second kappa shape index (κ2) is 13.6. The number of carbonyl (C=O) groups is 2. The Morgan fingerprint density at radius 2 is 1.79 bits per heavy atom. The normalized spacial score (nSPS) is 14.8. The van der Waals surface area contributed by atoms with Crippen molar-refractivity contribution in [3.8, 4) is 5.75 Å². The largest absolute Gasteiger partial charge is 0.497 e. The van der Waals surface area contributed by atoms with Crippen molar-refractivity contribution in [1.29, 1.82) is 0 Å². The summed E-state index contributed by atoms with van der Waals surface area (Å²) < 4.78 is 5.17. The van der Waals surface area contributed by atoms with Gasteiger partial charge < -0.3 is 20.7 Å². The van der Waals surface area contributed by atoms with E-state index in [1.54, 1.807) is 13.2 Å². The van der Waals surface area contributed by atoms with E-state index in [1.807, 2.05) is 49.4 Å². The van der Waals surface area contributed by atoms with Crippen LogP contribution in [-0.4, -0.2) is 38.1 Å². The van der Waals surface area contributed by atoms with Crippen LogP contribution in [0.3, 0.4) is 0 Å². The zero-order chi connectivity index (χ0) is 24.2. The van der Waals surface area contributed by atoms with Crippen molar-refractivity contribution in [2.24, 2.45) is 5.92 Å². The molecule has 1 fully saturated rings. The second-order valence-corrected chi connectivity index (χ2v) is 9.28. The fourth-order valence-corrected chi connectivity index (χ4v) is 4.61. The van der Waals surface area contributed by atoms with E-state index in [1.165, 1.54) is 32.1 Å². The monoisotopic (exact) mass is 465 g/mol. The van der Waals surface area contributed by atoms with Gasteiger partial charge in [0.15, 0.2) is 0 Å². The van der Waals surface area contributed by atoms with Crippen molar-refractivity contribution in [3.05, 3.63) is 59.7 Å². The third-order valence-corrected chi connectivity index (χ3v) is 6.58. The Hall–Kier alpha value is -3.02. The van der Waals surface area contributed by atoms with Crippen LogP contribution >= 0.6 is 0 Å². The molecule has 184 valence electrons. The molecule has 2 amide bonds. The van der Waals surface area contributed by atoms with Gasteiger partial charge in [0.1, 0.15) is 11.8 Å². The van der Waals surface area contributed by atoms with E-state index in [9.17, 15) is 9.59 Å². The van der Waals surface area contributed by atoms with Gasteiger partial charge in [0.25, 0.3) is 5.91 Å². The topological polar surface area (TPSA) is 79.5 Å². The maximum absolute atomic E-state index is 13.0. The third kappa shape index (κ3) is 8.40. The van der Waals surface area contributed by atoms with E-state index in [2.05, 4.69) is 16.0 Å². The van der Waals surface area contributed by atoms with Crippen molar-refractivity contribution < 1.29 is 14.3 Å². The highest BCUT2D eigenvalue weighted by molar-refractivity contribution is 5.97. The average molecular weight is 466 g/mol. The number of hydrogen-bond acceptors (Lipinski definition) is 4. The van der Waals surface area contributed by atoms with Crippen molar-refractivity contribution in [1.82, 2.24) is 10.6 Å². The van der Waals surface area contributed by atoms with Crippen LogP contribution in [0.15, 0.2) is 48.5 Å². The summed E-state index contributed by atoms with van der Waals surface area (Å²) in [5.74, 6) is 1.25. The maximum atomic E-state index is 13.0. The van der Waals surface area contributed by atoms with Gasteiger partial charge in [-0.1, -0.05) is 62.6 Å². The van der Waals surface area contributed by atoms with Crippen LogP contribution < -0.4 is 20.7 Å². The number of carbonyl (C=O) groups excluding carboxylic acids is 2. The van der Waals surface area contributed by atoms with Crippen molar-refractivity contribution in [2.75, 3.05) is 25.5 Å². The van der Waals surface area contributed by atoms with Gasteiger partial charge in [-0.15, -0.1) is 0 Å². The van der Waals surface area contributed by atoms with Crippen LogP contribution in [0.5, 0.6) is 5.75 Å². The zero-order valence-electron chi connectivity index (χ0n) is 20.6. The Morgan fingerprint density at radius 1 is 1.03 bits per heavy atom. The lowest BCUT2D eigenvalue weighted by Gasteiger charge is -2.23. The van der Waals surface area contributed by atoms with Crippen LogP contribution in [0.2, 0.25) is 0 Å². The number of rotatable bonds is 12. The number of methoxy groups -OCH3 is 1. The highest BCUT2D eigenvalue weighted by Gasteiger charge is 2.22. The molecule has 3 rings (SSSR count). The second-order valence-electron chi connectivity index (χ2n) is 9.28. The highest BCUT2D eigenvalue weighted by Crippen LogP contribution is 2.28. The maximum Gasteiger partial charge on any atom is 0.251 e. The highest BCUT2D eigenvalue weighted by atomic mass is 16.5. The van der Waals surface area contributed by atoms with Gasteiger partial charge in [-0.3, -0.25) is 9.59 Å². The molecule has 6 nitrogen and oxygen atoms in total. The van der Waals surface area contributed by atoms with Gasteiger partial charge in [0.2, 0.25) is 5.91 Å². The summed E-state index contributed by atoms with van der Waals surface area (Å²) in [4.78, 5) is 25.8. The number of ether oxygens (including phenoxy) is 1. The molecule has 1 aliphatic rings. The lowest BCUT2D eigenvalue weighted by Crippen LogP contribution is -2.47. The molecule has 0 spiro atoms. The van der Waals surface area contributed by atoms with E-state index in [0.29, 0.717) is 25.1 Å². The molecule has 0 aliphatic heterocycles. The van der Waals surface area contributed by atoms with E-state index in [-0.39, 0.29) is 11.8 Å². The van der Waals surface area contributed by atoms with Crippen LogP contribution in [0.1, 0.15) is 67.3 Å². The lowest BCUT2D eigenvalue weighted by molar-refractivity contribution is -0.123.